The number of ether oxygens (including phenoxy) is 1. The van der Waals surface area contributed by atoms with Crippen LogP contribution in [0.25, 0.3) is 0 Å². The van der Waals surface area contributed by atoms with Gasteiger partial charge in [-0.05, 0) is 79.4 Å². The Morgan fingerprint density at radius 1 is 1.08 bits per heavy atom. The van der Waals surface area contributed by atoms with Gasteiger partial charge in [0, 0.05) is 6.92 Å². The third-order valence-electron chi connectivity index (χ3n) is 8.99. The van der Waals surface area contributed by atoms with Crippen LogP contribution in [-0.4, -0.2) is 34.5 Å². The summed E-state index contributed by atoms with van der Waals surface area (Å²) < 4.78 is 5.46. The predicted octanol–water partition coefficient (Wildman–Crippen LogP) is 3.46. The molecular weight excluding hydrogens is 328 g/mol. The minimum atomic E-state index is -0.726. The third kappa shape index (κ3) is 2.44. The molecule has 0 aliphatic heterocycles. The van der Waals surface area contributed by atoms with E-state index in [4.69, 9.17) is 4.74 Å². The van der Waals surface area contributed by atoms with Crippen molar-refractivity contribution >= 4 is 5.97 Å². The van der Waals surface area contributed by atoms with Crippen molar-refractivity contribution in [3.8, 4) is 0 Å². The number of carbonyl (C=O) groups is 1. The lowest BCUT2D eigenvalue weighted by molar-refractivity contribution is -0.220. The van der Waals surface area contributed by atoms with Crippen LogP contribution in [0.3, 0.4) is 0 Å². The number of carbonyl (C=O) groups excluding carboxylic acids is 1. The Morgan fingerprint density at radius 2 is 1.81 bits per heavy atom. The molecule has 1 unspecified atom stereocenters. The summed E-state index contributed by atoms with van der Waals surface area (Å²) in [6, 6.07) is 0. The summed E-state index contributed by atoms with van der Waals surface area (Å²) >= 11 is 0. The van der Waals surface area contributed by atoms with Gasteiger partial charge in [0.1, 0.15) is 6.10 Å². The second kappa shape index (κ2) is 6.07. The second-order valence-corrected chi connectivity index (χ2v) is 9.99. The molecule has 0 amide bonds. The fraction of sp³-hybridized carbons (Fsp3) is 0.864. The first-order valence-corrected chi connectivity index (χ1v) is 10.4. The minimum absolute atomic E-state index is 0.00538. The number of hydrogen-bond acceptors (Lipinski definition) is 4. The SMILES string of the molecule is C=C1CC[C@H]2[C@@H]3[C@@H](O)[C@H](O)[C@H]4C[C@@H](OC(C)=O)CC[C@]4(C)[C@H]3CCC12C. The van der Waals surface area contributed by atoms with Gasteiger partial charge in [0.25, 0.3) is 0 Å². The highest BCUT2D eigenvalue weighted by atomic mass is 16.5. The molecule has 2 N–H and O–H groups in total. The van der Waals surface area contributed by atoms with Crippen LogP contribution in [-0.2, 0) is 9.53 Å². The zero-order valence-electron chi connectivity index (χ0n) is 16.4. The van der Waals surface area contributed by atoms with Crippen LogP contribution in [0.1, 0.15) is 65.7 Å². The quantitative estimate of drug-likeness (QED) is 0.554. The summed E-state index contributed by atoms with van der Waals surface area (Å²) in [6.07, 6.45) is 5.38. The summed E-state index contributed by atoms with van der Waals surface area (Å²) in [5, 5.41) is 22.2. The molecule has 146 valence electrons. The molecule has 9 atom stereocenters. The van der Waals surface area contributed by atoms with Crippen molar-refractivity contribution in [3.05, 3.63) is 12.2 Å². The first kappa shape index (κ1) is 18.5. The molecule has 4 aliphatic carbocycles. The number of aliphatic hydroxyl groups excluding tert-OH is 2. The van der Waals surface area contributed by atoms with E-state index in [1.165, 1.54) is 12.5 Å². The van der Waals surface area contributed by atoms with Crippen LogP contribution in [0.2, 0.25) is 0 Å². The lowest BCUT2D eigenvalue weighted by Gasteiger charge is -2.63. The van der Waals surface area contributed by atoms with Gasteiger partial charge >= 0.3 is 5.97 Å². The largest absolute Gasteiger partial charge is 0.463 e. The Bertz CT molecular complexity index is 615. The monoisotopic (exact) mass is 362 g/mol. The maximum absolute atomic E-state index is 11.4. The van der Waals surface area contributed by atoms with Gasteiger partial charge in [-0.25, -0.2) is 0 Å². The highest BCUT2D eigenvalue weighted by molar-refractivity contribution is 5.66. The normalized spacial score (nSPS) is 53.4. The summed E-state index contributed by atoms with van der Waals surface area (Å²) in [5.74, 6) is 0.788. The Morgan fingerprint density at radius 3 is 2.50 bits per heavy atom. The molecule has 4 rings (SSSR count). The molecule has 0 heterocycles. The van der Waals surface area contributed by atoms with Crippen LogP contribution < -0.4 is 0 Å². The fourth-order valence-electron chi connectivity index (χ4n) is 7.47. The summed E-state index contributed by atoms with van der Waals surface area (Å²) in [7, 11) is 0. The van der Waals surface area contributed by atoms with E-state index in [9.17, 15) is 15.0 Å². The molecule has 0 aromatic heterocycles. The van der Waals surface area contributed by atoms with Gasteiger partial charge in [0.05, 0.1) is 12.2 Å². The summed E-state index contributed by atoms with van der Waals surface area (Å²) in [4.78, 5) is 11.4. The lowest BCUT2D eigenvalue weighted by Crippen LogP contribution is -2.64. The van der Waals surface area contributed by atoms with Crippen molar-refractivity contribution < 1.29 is 19.7 Å². The van der Waals surface area contributed by atoms with E-state index in [1.54, 1.807) is 0 Å². The van der Waals surface area contributed by atoms with Crippen LogP contribution in [0, 0.1) is 34.5 Å². The molecule has 0 spiro atoms. The minimum Gasteiger partial charge on any atom is -0.463 e. The van der Waals surface area contributed by atoms with Crippen molar-refractivity contribution in [1.82, 2.24) is 0 Å². The first-order chi connectivity index (χ1) is 12.2. The van der Waals surface area contributed by atoms with Gasteiger partial charge in [-0.1, -0.05) is 26.0 Å². The van der Waals surface area contributed by atoms with Crippen molar-refractivity contribution in [2.24, 2.45) is 34.5 Å². The third-order valence-corrected chi connectivity index (χ3v) is 8.99. The average molecular weight is 363 g/mol. The van der Waals surface area contributed by atoms with Crippen molar-refractivity contribution in [2.75, 3.05) is 0 Å². The molecule has 4 aliphatic rings. The van der Waals surface area contributed by atoms with E-state index in [-0.39, 0.29) is 34.7 Å². The van der Waals surface area contributed by atoms with E-state index in [2.05, 4.69) is 20.4 Å². The summed E-state index contributed by atoms with van der Waals surface area (Å²) in [5.41, 5.74) is 1.49. The van der Waals surface area contributed by atoms with E-state index < -0.39 is 12.2 Å². The average Bonchev–Trinajstić information content (AvgIpc) is 2.88. The van der Waals surface area contributed by atoms with E-state index in [0.29, 0.717) is 18.3 Å². The van der Waals surface area contributed by atoms with Crippen LogP contribution >= 0.6 is 0 Å². The van der Waals surface area contributed by atoms with E-state index in [0.717, 1.165) is 38.5 Å². The lowest BCUT2D eigenvalue weighted by atomic mass is 9.43. The molecule has 0 saturated heterocycles. The molecule has 4 heteroatoms. The van der Waals surface area contributed by atoms with Crippen molar-refractivity contribution in [2.45, 2.75) is 84.0 Å². The number of hydrogen-bond donors (Lipinski definition) is 2. The highest BCUT2D eigenvalue weighted by Crippen LogP contribution is 2.67. The molecule has 4 fully saturated rings. The number of esters is 1. The standard InChI is InChI=1S/C22H34O4/c1-12-5-6-15-18-16(8-10-21(12,15)3)22(4)9-7-14(26-13(2)23)11-17(22)19(24)20(18)25/h14-20,24-25H,1,5-11H2,2-4H3/t14-,15-,16-,17+,18-,19+,20+,21?,22+/m0/s1. The second-order valence-electron chi connectivity index (χ2n) is 9.99. The Labute approximate surface area is 157 Å². The maximum atomic E-state index is 11.4. The number of fused-ring (bicyclic) bond motifs is 5. The Kier molecular flexibility index (Phi) is 4.31. The van der Waals surface area contributed by atoms with Crippen molar-refractivity contribution in [1.29, 1.82) is 0 Å². The highest BCUT2D eigenvalue weighted by Gasteiger charge is 2.64. The van der Waals surface area contributed by atoms with Gasteiger partial charge in [-0.3, -0.25) is 4.79 Å². The number of allylic oxidation sites excluding steroid dienone is 1. The van der Waals surface area contributed by atoms with E-state index >= 15 is 0 Å². The molecular formula is C22H34O4. The number of rotatable bonds is 1. The Balaban J connectivity index is 1.64. The van der Waals surface area contributed by atoms with Crippen LogP contribution in [0.5, 0.6) is 0 Å². The molecule has 4 nitrogen and oxygen atoms in total. The van der Waals surface area contributed by atoms with Gasteiger partial charge < -0.3 is 14.9 Å². The number of aliphatic hydroxyl groups is 2. The molecule has 0 bridgehead atoms. The zero-order valence-corrected chi connectivity index (χ0v) is 16.4. The van der Waals surface area contributed by atoms with E-state index in [1.807, 2.05) is 0 Å². The van der Waals surface area contributed by atoms with Gasteiger partial charge in [0.2, 0.25) is 0 Å². The van der Waals surface area contributed by atoms with Crippen LogP contribution in [0.15, 0.2) is 12.2 Å². The van der Waals surface area contributed by atoms with Gasteiger partial charge in [-0.2, -0.15) is 0 Å². The predicted molar refractivity (Wildman–Crippen MR) is 99.2 cm³/mol. The van der Waals surface area contributed by atoms with Gasteiger partial charge in [0.15, 0.2) is 0 Å². The van der Waals surface area contributed by atoms with Gasteiger partial charge in [-0.15, -0.1) is 0 Å². The fourth-order valence-corrected chi connectivity index (χ4v) is 7.47. The molecule has 0 aromatic rings. The molecule has 0 aromatic carbocycles. The Hall–Kier alpha value is -0.870. The smallest absolute Gasteiger partial charge is 0.302 e. The first-order valence-electron chi connectivity index (χ1n) is 10.4. The molecule has 4 saturated carbocycles. The van der Waals surface area contributed by atoms with Crippen LogP contribution in [0.4, 0.5) is 0 Å². The molecule has 0 radical (unpaired) electrons. The molecule has 26 heavy (non-hydrogen) atoms. The topological polar surface area (TPSA) is 66.8 Å². The zero-order chi connectivity index (χ0) is 18.9. The summed E-state index contributed by atoms with van der Waals surface area (Å²) in [6.45, 7) is 10.4. The van der Waals surface area contributed by atoms with Crippen molar-refractivity contribution in [3.63, 3.8) is 0 Å². The maximum Gasteiger partial charge on any atom is 0.302 e.